The van der Waals surface area contributed by atoms with Crippen molar-refractivity contribution in [2.75, 3.05) is 11.9 Å². The molecule has 6 heteroatoms. The van der Waals surface area contributed by atoms with Crippen molar-refractivity contribution in [3.63, 3.8) is 0 Å². The molecule has 5 nitrogen and oxygen atoms in total. The van der Waals surface area contributed by atoms with Gasteiger partial charge in [0.05, 0.1) is 16.3 Å². The van der Waals surface area contributed by atoms with Gasteiger partial charge in [0.15, 0.2) is 11.5 Å². The van der Waals surface area contributed by atoms with Crippen LogP contribution in [0.3, 0.4) is 0 Å². The van der Waals surface area contributed by atoms with Crippen molar-refractivity contribution < 1.29 is 15.0 Å². The third-order valence-electron chi connectivity index (χ3n) is 3.57. The van der Waals surface area contributed by atoms with Crippen LogP contribution in [0.1, 0.15) is 22.1 Å². The number of anilines is 1. The van der Waals surface area contributed by atoms with Crippen molar-refractivity contribution in [2.45, 2.75) is 6.17 Å². The zero-order valence-corrected chi connectivity index (χ0v) is 11.9. The minimum atomic E-state index is -0.476. The molecule has 1 amide bonds. The normalized spacial score (nSPS) is 17.3. The van der Waals surface area contributed by atoms with E-state index in [1.807, 2.05) is 24.1 Å². The Balaban J connectivity index is 2.07. The van der Waals surface area contributed by atoms with Gasteiger partial charge < -0.3 is 20.4 Å². The summed E-state index contributed by atoms with van der Waals surface area (Å²) >= 11 is 5.88. The maximum absolute atomic E-state index is 12.2. The Bertz CT molecular complexity index is 710. The lowest BCUT2D eigenvalue weighted by molar-refractivity contribution is 0.0928. The van der Waals surface area contributed by atoms with Crippen LogP contribution in [-0.4, -0.2) is 23.2 Å². The molecule has 0 saturated carbocycles. The molecule has 0 spiro atoms. The molecule has 1 aliphatic rings. The fourth-order valence-corrected chi connectivity index (χ4v) is 2.70. The van der Waals surface area contributed by atoms with Gasteiger partial charge >= 0.3 is 0 Å². The number of phenolic OH excluding ortho intramolecular Hbond substituents is 2. The molecule has 0 fully saturated rings. The lowest BCUT2D eigenvalue weighted by Gasteiger charge is -2.36. The van der Waals surface area contributed by atoms with Crippen molar-refractivity contribution in [1.29, 1.82) is 0 Å². The Morgan fingerprint density at radius 3 is 2.67 bits per heavy atom. The largest absolute Gasteiger partial charge is 0.504 e. The van der Waals surface area contributed by atoms with Crippen LogP contribution in [0.25, 0.3) is 0 Å². The van der Waals surface area contributed by atoms with E-state index in [1.54, 1.807) is 12.1 Å². The second-order valence-electron chi connectivity index (χ2n) is 4.87. The van der Waals surface area contributed by atoms with Crippen molar-refractivity contribution in [2.24, 2.45) is 0 Å². The summed E-state index contributed by atoms with van der Waals surface area (Å²) < 4.78 is 0. The first-order valence-electron chi connectivity index (χ1n) is 6.33. The van der Waals surface area contributed by atoms with E-state index in [-0.39, 0.29) is 22.4 Å². The zero-order valence-electron chi connectivity index (χ0n) is 11.2. The maximum atomic E-state index is 12.2. The SMILES string of the molecule is CN1c2ccccc2C(=O)N[C@H]1c1cc(O)c(O)c(Cl)c1. The van der Waals surface area contributed by atoms with Gasteiger partial charge in [0.25, 0.3) is 5.91 Å². The van der Waals surface area contributed by atoms with Gasteiger partial charge in [0, 0.05) is 12.6 Å². The van der Waals surface area contributed by atoms with Gasteiger partial charge in [0.1, 0.15) is 6.17 Å². The molecule has 1 atom stereocenters. The van der Waals surface area contributed by atoms with Crippen molar-refractivity contribution in [1.82, 2.24) is 5.32 Å². The highest BCUT2D eigenvalue weighted by Crippen LogP contribution is 2.38. The molecule has 0 aromatic heterocycles. The van der Waals surface area contributed by atoms with Gasteiger partial charge in [-0.15, -0.1) is 0 Å². The Morgan fingerprint density at radius 2 is 1.95 bits per heavy atom. The van der Waals surface area contributed by atoms with E-state index in [0.29, 0.717) is 11.1 Å². The first kappa shape index (κ1) is 13.6. The van der Waals surface area contributed by atoms with Gasteiger partial charge in [-0.3, -0.25) is 4.79 Å². The summed E-state index contributed by atoms with van der Waals surface area (Å²) in [4.78, 5) is 14.0. The molecule has 1 heterocycles. The Labute approximate surface area is 126 Å². The molecule has 2 aromatic rings. The number of fused-ring (bicyclic) bond motifs is 1. The summed E-state index contributed by atoms with van der Waals surface area (Å²) in [6.45, 7) is 0. The van der Waals surface area contributed by atoms with E-state index in [4.69, 9.17) is 11.6 Å². The summed E-state index contributed by atoms with van der Waals surface area (Å²) in [5.41, 5.74) is 1.96. The van der Waals surface area contributed by atoms with Gasteiger partial charge in [-0.05, 0) is 24.3 Å². The van der Waals surface area contributed by atoms with E-state index in [2.05, 4.69) is 5.32 Å². The number of halogens is 1. The summed E-state index contributed by atoms with van der Waals surface area (Å²) in [6, 6.07) is 10.2. The lowest BCUT2D eigenvalue weighted by atomic mass is 10.0. The van der Waals surface area contributed by atoms with Crippen LogP contribution in [0, 0.1) is 0 Å². The molecule has 3 rings (SSSR count). The molecule has 0 unspecified atom stereocenters. The zero-order chi connectivity index (χ0) is 15.1. The van der Waals surface area contributed by atoms with E-state index in [9.17, 15) is 15.0 Å². The smallest absolute Gasteiger partial charge is 0.255 e. The van der Waals surface area contributed by atoms with Gasteiger partial charge in [-0.2, -0.15) is 0 Å². The van der Waals surface area contributed by atoms with Crippen LogP contribution < -0.4 is 10.2 Å². The molecular weight excluding hydrogens is 292 g/mol. The Morgan fingerprint density at radius 1 is 1.24 bits per heavy atom. The lowest BCUT2D eigenvalue weighted by Crippen LogP contribution is -2.44. The number of para-hydroxylation sites is 1. The first-order valence-corrected chi connectivity index (χ1v) is 6.71. The van der Waals surface area contributed by atoms with E-state index < -0.39 is 6.17 Å². The third-order valence-corrected chi connectivity index (χ3v) is 3.85. The minimum Gasteiger partial charge on any atom is -0.504 e. The number of hydrogen-bond acceptors (Lipinski definition) is 4. The minimum absolute atomic E-state index is 0.0338. The molecule has 108 valence electrons. The van der Waals surface area contributed by atoms with Gasteiger partial charge in [-0.25, -0.2) is 0 Å². The number of aromatic hydroxyl groups is 2. The molecule has 2 aromatic carbocycles. The average molecular weight is 305 g/mol. The summed E-state index contributed by atoms with van der Waals surface area (Å²) in [7, 11) is 1.83. The van der Waals surface area contributed by atoms with Crippen LogP contribution in [0.15, 0.2) is 36.4 Å². The predicted molar refractivity (Wildman–Crippen MR) is 79.8 cm³/mol. The fourth-order valence-electron chi connectivity index (χ4n) is 2.48. The molecule has 1 aliphatic heterocycles. The maximum Gasteiger partial charge on any atom is 0.255 e. The van der Waals surface area contributed by atoms with Crippen molar-refractivity contribution in [3.8, 4) is 11.5 Å². The molecular formula is C15H13ClN2O3. The fraction of sp³-hybridized carbons (Fsp3) is 0.133. The molecule has 21 heavy (non-hydrogen) atoms. The van der Waals surface area contributed by atoms with Crippen LogP contribution in [0.2, 0.25) is 5.02 Å². The first-order chi connectivity index (χ1) is 9.99. The van der Waals surface area contributed by atoms with Gasteiger partial charge in [-0.1, -0.05) is 23.7 Å². The van der Waals surface area contributed by atoms with Gasteiger partial charge in [0.2, 0.25) is 0 Å². The highest BCUT2D eigenvalue weighted by molar-refractivity contribution is 6.32. The monoisotopic (exact) mass is 304 g/mol. The van der Waals surface area contributed by atoms with Crippen LogP contribution >= 0.6 is 11.6 Å². The highest BCUT2D eigenvalue weighted by Gasteiger charge is 2.29. The van der Waals surface area contributed by atoms with E-state index in [1.165, 1.54) is 12.1 Å². The second-order valence-corrected chi connectivity index (χ2v) is 5.28. The van der Waals surface area contributed by atoms with Crippen molar-refractivity contribution in [3.05, 3.63) is 52.5 Å². The Kier molecular flexibility index (Phi) is 3.14. The summed E-state index contributed by atoms with van der Waals surface area (Å²) in [5, 5.41) is 22.1. The van der Waals surface area contributed by atoms with Crippen LogP contribution in [0.5, 0.6) is 11.5 Å². The number of nitrogens with one attached hydrogen (secondary N) is 1. The number of hydrogen-bond donors (Lipinski definition) is 3. The molecule has 0 aliphatic carbocycles. The molecule has 0 radical (unpaired) electrons. The third kappa shape index (κ3) is 2.15. The van der Waals surface area contributed by atoms with Crippen LogP contribution in [0.4, 0.5) is 5.69 Å². The molecule has 0 bridgehead atoms. The number of amides is 1. The highest BCUT2D eigenvalue weighted by atomic mass is 35.5. The standard InChI is InChI=1S/C15H13ClN2O3/c1-18-11-5-3-2-4-9(11)15(21)17-14(18)8-6-10(16)13(20)12(19)7-8/h2-7,14,19-20H,1H3,(H,17,21)/t14-/m1/s1. The topological polar surface area (TPSA) is 72.8 Å². The van der Waals surface area contributed by atoms with Crippen molar-refractivity contribution >= 4 is 23.2 Å². The Hall–Kier alpha value is -2.40. The second kappa shape index (κ2) is 4.86. The molecule has 3 N–H and O–H groups in total. The number of phenols is 2. The summed E-state index contributed by atoms with van der Waals surface area (Å²) in [6.07, 6.45) is -0.476. The number of rotatable bonds is 1. The predicted octanol–water partition coefficient (Wildman–Crippen LogP) is 2.63. The van der Waals surface area contributed by atoms with E-state index >= 15 is 0 Å². The van der Waals surface area contributed by atoms with Crippen LogP contribution in [-0.2, 0) is 0 Å². The molecule has 0 saturated heterocycles. The number of nitrogens with zero attached hydrogens (tertiary/aromatic N) is 1. The summed E-state index contributed by atoms with van der Waals surface area (Å²) in [5.74, 6) is -0.887. The van der Waals surface area contributed by atoms with E-state index in [0.717, 1.165) is 5.69 Å². The average Bonchev–Trinajstić information content (AvgIpc) is 2.48. The number of carbonyl (C=O) groups excluding carboxylic acids is 1. The quantitative estimate of drug-likeness (QED) is 0.708. The number of benzene rings is 2. The number of carbonyl (C=O) groups is 1.